The number of primary amides is 1. The van der Waals surface area contributed by atoms with Crippen LogP contribution in [0.4, 0.5) is 10.1 Å². The number of ether oxygens (including phenoxy) is 1. The fourth-order valence-electron chi connectivity index (χ4n) is 3.25. The summed E-state index contributed by atoms with van der Waals surface area (Å²) in [7, 11) is 1.81. The van der Waals surface area contributed by atoms with Gasteiger partial charge in [-0.1, -0.05) is 12.1 Å². The van der Waals surface area contributed by atoms with Crippen molar-refractivity contribution >= 4 is 17.5 Å². The van der Waals surface area contributed by atoms with E-state index in [1.165, 1.54) is 30.3 Å². The van der Waals surface area contributed by atoms with E-state index in [-0.39, 0.29) is 17.7 Å². The summed E-state index contributed by atoms with van der Waals surface area (Å²) in [5.41, 5.74) is 7.85. The normalized spacial score (nSPS) is 10.6. The molecular weight excluding hydrogens is 425 g/mol. The minimum absolute atomic E-state index is 0.0532. The molecule has 33 heavy (non-hydrogen) atoms. The Balaban J connectivity index is 1.51. The van der Waals surface area contributed by atoms with E-state index in [0.29, 0.717) is 22.8 Å². The molecule has 2 amide bonds. The number of carbonyl (C=O) groups is 2. The maximum Gasteiger partial charge on any atom is 0.250 e. The number of nitrogens with zero attached hydrogens (tertiary/aromatic N) is 3. The molecule has 0 radical (unpaired) electrons. The van der Waals surface area contributed by atoms with Crippen LogP contribution < -0.4 is 15.8 Å². The van der Waals surface area contributed by atoms with Gasteiger partial charge in [-0.15, -0.1) is 0 Å². The van der Waals surface area contributed by atoms with Gasteiger partial charge < -0.3 is 15.8 Å². The minimum atomic E-state index is -0.729. The van der Waals surface area contributed by atoms with Crippen LogP contribution in [0.3, 0.4) is 0 Å². The summed E-state index contributed by atoms with van der Waals surface area (Å²) in [5.74, 6) is -0.709. The number of amides is 2. The largest absolute Gasteiger partial charge is 0.457 e. The minimum Gasteiger partial charge on any atom is -0.457 e. The van der Waals surface area contributed by atoms with Gasteiger partial charge in [0, 0.05) is 31.1 Å². The Bertz CT molecular complexity index is 1340. The number of benzene rings is 2. The van der Waals surface area contributed by atoms with Gasteiger partial charge in [-0.25, -0.2) is 4.39 Å². The smallest absolute Gasteiger partial charge is 0.250 e. The summed E-state index contributed by atoms with van der Waals surface area (Å²) < 4.78 is 20.9. The standard InChI is InChI=1S/C24H20FN5O3/c1-30-14-16(13-28-30)22-12-19(7-8-27-22)33-18-5-6-21(20(11-18)24(26)32)29-23(31)10-15-3-2-4-17(25)9-15/h2-9,11-14H,10H2,1H3,(H2,26,32)(H,29,31). The summed E-state index contributed by atoms with van der Waals surface area (Å²) >= 11 is 0. The zero-order valence-corrected chi connectivity index (χ0v) is 17.7. The highest BCUT2D eigenvalue weighted by atomic mass is 19.1. The van der Waals surface area contributed by atoms with Crippen molar-refractivity contribution in [3.63, 3.8) is 0 Å². The summed E-state index contributed by atoms with van der Waals surface area (Å²) in [4.78, 5) is 28.7. The molecule has 0 unspecified atom stereocenters. The molecule has 0 atom stereocenters. The topological polar surface area (TPSA) is 112 Å². The predicted octanol–water partition coefficient (Wildman–Crippen LogP) is 3.69. The van der Waals surface area contributed by atoms with E-state index in [2.05, 4.69) is 15.4 Å². The first-order valence-electron chi connectivity index (χ1n) is 9.98. The van der Waals surface area contributed by atoms with Crippen LogP contribution in [0, 0.1) is 5.82 Å². The number of pyridine rings is 1. The van der Waals surface area contributed by atoms with E-state index in [9.17, 15) is 14.0 Å². The van der Waals surface area contributed by atoms with Crippen molar-refractivity contribution in [2.75, 3.05) is 5.32 Å². The van der Waals surface area contributed by atoms with Gasteiger partial charge in [0.05, 0.1) is 29.6 Å². The maximum atomic E-state index is 13.3. The van der Waals surface area contributed by atoms with Gasteiger partial charge >= 0.3 is 0 Å². The monoisotopic (exact) mass is 445 g/mol. The van der Waals surface area contributed by atoms with E-state index in [1.807, 2.05) is 13.2 Å². The lowest BCUT2D eigenvalue weighted by Gasteiger charge is -2.12. The molecule has 9 heteroatoms. The van der Waals surface area contributed by atoms with Gasteiger partial charge in [-0.05, 0) is 42.0 Å². The number of nitrogens with one attached hydrogen (secondary N) is 1. The van der Waals surface area contributed by atoms with Crippen molar-refractivity contribution in [1.82, 2.24) is 14.8 Å². The Kier molecular flexibility index (Phi) is 6.12. The van der Waals surface area contributed by atoms with Crippen LogP contribution in [0.25, 0.3) is 11.3 Å². The Hall–Kier alpha value is -4.53. The van der Waals surface area contributed by atoms with Gasteiger partial charge in [-0.2, -0.15) is 5.10 Å². The molecule has 0 aliphatic carbocycles. The van der Waals surface area contributed by atoms with Crippen molar-refractivity contribution in [3.05, 3.63) is 90.1 Å². The average molecular weight is 445 g/mol. The van der Waals surface area contributed by atoms with E-state index >= 15 is 0 Å². The Morgan fingerprint density at radius 2 is 1.94 bits per heavy atom. The van der Waals surface area contributed by atoms with Gasteiger partial charge in [-0.3, -0.25) is 19.3 Å². The van der Waals surface area contributed by atoms with Crippen LogP contribution in [0.5, 0.6) is 11.5 Å². The predicted molar refractivity (Wildman–Crippen MR) is 120 cm³/mol. The van der Waals surface area contributed by atoms with Crippen LogP contribution in [0.15, 0.2) is 73.2 Å². The highest BCUT2D eigenvalue weighted by Gasteiger charge is 2.14. The van der Waals surface area contributed by atoms with E-state index in [1.54, 1.807) is 41.3 Å². The lowest BCUT2D eigenvalue weighted by atomic mass is 10.1. The molecule has 166 valence electrons. The summed E-state index contributed by atoms with van der Waals surface area (Å²) in [5, 5.41) is 6.78. The quantitative estimate of drug-likeness (QED) is 0.451. The van der Waals surface area contributed by atoms with Crippen molar-refractivity contribution in [1.29, 1.82) is 0 Å². The third kappa shape index (κ3) is 5.40. The number of carbonyl (C=O) groups excluding carboxylic acids is 2. The first-order chi connectivity index (χ1) is 15.9. The molecule has 2 heterocycles. The molecule has 0 fully saturated rings. The van der Waals surface area contributed by atoms with Crippen molar-refractivity contribution in [2.45, 2.75) is 6.42 Å². The van der Waals surface area contributed by atoms with Crippen LogP contribution in [0.1, 0.15) is 15.9 Å². The maximum absolute atomic E-state index is 13.3. The first-order valence-corrected chi connectivity index (χ1v) is 9.98. The number of hydrogen-bond acceptors (Lipinski definition) is 5. The number of anilines is 1. The molecule has 0 aliphatic heterocycles. The fraction of sp³-hybridized carbons (Fsp3) is 0.0833. The molecule has 2 aromatic carbocycles. The zero-order chi connectivity index (χ0) is 23.4. The van der Waals surface area contributed by atoms with Crippen molar-refractivity contribution in [2.24, 2.45) is 12.8 Å². The second-order valence-electron chi connectivity index (χ2n) is 7.31. The van der Waals surface area contributed by atoms with Gasteiger partial charge in [0.1, 0.15) is 17.3 Å². The molecule has 2 aromatic heterocycles. The second-order valence-corrected chi connectivity index (χ2v) is 7.31. The molecular formula is C24H20FN5O3. The second kappa shape index (κ2) is 9.31. The summed E-state index contributed by atoms with van der Waals surface area (Å²) in [6, 6.07) is 13.8. The SMILES string of the molecule is Cn1cc(-c2cc(Oc3ccc(NC(=O)Cc4cccc(F)c4)c(C(N)=O)c3)ccn2)cn1. The van der Waals surface area contributed by atoms with Crippen molar-refractivity contribution < 1.29 is 18.7 Å². The third-order valence-corrected chi connectivity index (χ3v) is 4.75. The van der Waals surface area contributed by atoms with Crippen LogP contribution in [0.2, 0.25) is 0 Å². The summed E-state index contributed by atoms with van der Waals surface area (Å²) in [6.45, 7) is 0. The van der Waals surface area contributed by atoms with Gasteiger partial charge in [0.15, 0.2) is 0 Å². The molecule has 0 bridgehead atoms. The third-order valence-electron chi connectivity index (χ3n) is 4.75. The fourth-order valence-corrected chi connectivity index (χ4v) is 3.25. The average Bonchev–Trinajstić information content (AvgIpc) is 3.21. The number of aryl methyl sites for hydroxylation is 1. The highest BCUT2D eigenvalue weighted by molar-refractivity contribution is 6.03. The Labute approximate surface area is 188 Å². The number of rotatable bonds is 7. The molecule has 3 N–H and O–H groups in total. The molecule has 4 aromatic rings. The molecule has 0 aliphatic rings. The van der Waals surface area contributed by atoms with Crippen LogP contribution >= 0.6 is 0 Å². The number of aromatic nitrogens is 3. The van der Waals surface area contributed by atoms with Gasteiger partial charge in [0.25, 0.3) is 5.91 Å². The molecule has 0 saturated carbocycles. The van der Waals surface area contributed by atoms with Crippen LogP contribution in [-0.4, -0.2) is 26.6 Å². The molecule has 0 spiro atoms. The highest BCUT2D eigenvalue weighted by Crippen LogP contribution is 2.28. The van der Waals surface area contributed by atoms with Gasteiger partial charge in [0.2, 0.25) is 5.91 Å². The van der Waals surface area contributed by atoms with Crippen molar-refractivity contribution in [3.8, 4) is 22.8 Å². The lowest BCUT2D eigenvalue weighted by Crippen LogP contribution is -2.19. The number of halogens is 1. The lowest BCUT2D eigenvalue weighted by molar-refractivity contribution is -0.115. The zero-order valence-electron chi connectivity index (χ0n) is 17.7. The van der Waals surface area contributed by atoms with Crippen LogP contribution in [-0.2, 0) is 18.3 Å². The summed E-state index contributed by atoms with van der Waals surface area (Å²) in [6.07, 6.45) is 5.08. The molecule has 8 nitrogen and oxygen atoms in total. The first kappa shape index (κ1) is 21.7. The number of nitrogens with two attached hydrogens (primary N) is 1. The number of hydrogen-bond donors (Lipinski definition) is 2. The van der Waals surface area contributed by atoms with E-state index in [0.717, 1.165) is 5.56 Å². The molecule has 0 saturated heterocycles. The van der Waals surface area contributed by atoms with E-state index < -0.39 is 17.6 Å². The Morgan fingerprint density at radius 1 is 1.12 bits per heavy atom. The van der Waals surface area contributed by atoms with E-state index in [4.69, 9.17) is 10.5 Å². The molecule has 4 rings (SSSR count). The Morgan fingerprint density at radius 3 is 2.67 bits per heavy atom.